The molecule has 0 radical (unpaired) electrons. The Morgan fingerprint density at radius 1 is 0.821 bits per heavy atom. The van der Waals surface area contributed by atoms with Gasteiger partial charge in [0.25, 0.3) is 0 Å². The van der Waals surface area contributed by atoms with Gasteiger partial charge in [-0.25, -0.2) is 0 Å². The second-order valence-electron chi connectivity index (χ2n) is 7.92. The number of halogens is 2. The Kier molecular flexibility index (Phi) is 4.40. The minimum atomic E-state index is -0.195. The van der Waals surface area contributed by atoms with Crippen LogP contribution in [0, 0.1) is 30.6 Å². The zero-order valence-electron chi connectivity index (χ0n) is 15.2. The molecule has 1 saturated heterocycles. The highest BCUT2D eigenvalue weighted by molar-refractivity contribution is 9.12. The van der Waals surface area contributed by atoms with E-state index in [1.54, 1.807) is 24.3 Å². The second-order valence-corrected chi connectivity index (χ2v) is 10.0. The molecular formula is C22H19Br2NO3. The molecule has 2 bridgehead atoms. The third kappa shape index (κ3) is 2.68. The van der Waals surface area contributed by atoms with Gasteiger partial charge in [-0.1, -0.05) is 49.6 Å². The largest absolute Gasteiger partial charge is 0.457 e. The Morgan fingerprint density at radius 2 is 1.29 bits per heavy atom. The third-order valence-electron chi connectivity index (χ3n) is 6.34. The first-order chi connectivity index (χ1) is 13.5. The van der Waals surface area contributed by atoms with Crippen molar-refractivity contribution in [2.24, 2.45) is 23.7 Å². The summed E-state index contributed by atoms with van der Waals surface area (Å²) in [5, 5.41) is 0. The van der Waals surface area contributed by atoms with Crippen LogP contribution in [0.25, 0.3) is 0 Å². The van der Waals surface area contributed by atoms with E-state index in [2.05, 4.69) is 31.9 Å². The quantitative estimate of drug-likeness (QED) is 0.433. The van der Waals surface area contributed by atoms with Crippen LogP contribution in [-0.2, 0) is 9.59 Å². The van der Waals surface area contributed by atoms with E-state index < -0.39 is 0 Å². The summed E-state index contributed by atoms with van der Waals surface area (Å²) in [4.78, 5) is 28.1. The van der Waals surface area contributed by atoms with Gasteiger partial charge in [-0.15, -0.1) is 0 Å². The van der Waals surface area contributed by atoms with E-state index in [4.69, 9.17) is 4.74 Å². The highest BCUT2D eigenvalue weighted by Gasteiger charge is 2.66. The number of hydrogen-bond donors (Lipinski definition) is 0. The Bertz CT molecular complexity index is 911. The van der Waals surface area contributed by atoms with Gasteiger partial charge in [-0.05, 0) is 61.6 Å². The molecule has 1 heterocycles. The summed E-state index contributed by atoms with van der Waals surface area (Å²) < 4.78 is 5.85. The average Bonchev–Trinajstić information content (AvgIpc) is 3.29. The van der Waals surface area contributed by atoms with Gasteiger partial charge in [0.1, 0.15) is 11.5 Å². The maximum Gasteiger partial charge on any atom is 0.238 e. The Labute approximate surface area is 180 Å². The van der Waals surface area contributed by atoms with Gasteiger partial charge in [0, 0.05) is 9.65 Å². The van der Waals surface area contributed by atoms with Crippen LogP contribution in [0.4, 0.5) is 5.69 Å². The van der Waals surface area contributed by atoms with Gasteiger partial charge in [0.2, 0.25) is 11.8 Å². The molecule has 6 atom stereocenters. The number of ether oxygens (including phenoxy) is 1. The number of amides is 2. The standard InChI is InChI=1S/C22H19Br2NO3/c1-11-2-6-13(7-3-11)28-14-8-4-12(5-9-14)25-21(26)17-15-10-16(18(17)22(25)27)20(24)19(15)23/h2-9,15-20H,10H2,1H3/t15-,16-,17-,18+,19+,20+/m1/s1. The summed E-state index contributed by atoms with van der Waals surface area (Å²) in [5.41, 5.74) is 1.79. The van der Waals surface area contributed by atoms with Crippen LogP contribution < -0.4 is 9.64 Å². The molecule has 2 amide bonds. The Morgan fingerprint density at radius 3 is 1.79 bits per heavy atom. The number of benzene rings is 2. The lowest BCUT2D eigenvalue weighted by Gasteiger charge is -2.28. The fraction of sp³-hybridized carbons (Fsp3) is 0.364. The van der Waals surface area contributed by atoms with Gasteiger partial charge < -0.3 is 4.74 Å². The molecule has 5 rings (SSSR count). The monoisotopic (exact) mass is 503 g/mol. The van der Waals surface area contributed by atoms with E-state index in [0.29, 0.717) is 11.4 Å². The molecule has 0 spiro atoms. The Balaban J connectivity index is 1.37. The number of nitrogens with zero attached hydrogens (tertiary/aromatic N) is 1. The molecule has 4 nitrogen and oxygen atoms in total. The molecule has 6 heteroatoms. The number of anilines is 1. The van der Waals surface area contributed by atoms with Crippen molar-refractivity contribution in [1.29, 1.82) is 0 Å². The number of hydrogen-bond acceptors (Lipinski definition) is 3. The van der Waals surface area contributed by atoms with Crippen molar-refractivity contribution in [2.45, 2.75) is 23.0 Å². The van der Waals surface area contributed by atoms with Crippen molar-refractivity contribution in [2.75, 3.05) is 4.90 Å². The number of carbonyl (C=O) groups is 2. The van der Waals surface area contributed by atoms with E-state index in [1.807, 2.05) is 31.2 Å². The second kappa shape index (κ2) is 6.70. The minimum Gasteiger partial charge on any atom is -0.457 e. The normalized spacial score (nSPS) is 33.5. The summed E-state index contributed by atoms with van der Waals surface area (Å²) in [7, 11) is 0. The predicted molar refractivity (Wildman–Crippen MR) is 114 cm³/mol. The van der Waals surface area contributed by atoms with E-state index in [0.717, 1.165) is 12.2 Å². The van der Waals surface area contributed by atoms with Crippen molar-refractivity contribution >= 4 is 49.4 Å². The molecule has 144 valence electrons. The third-order valence-corrected chi connectivity index (χ3v) is 9.55. The lowest BCUT2D eigenvalue weighted by molar-refractivity contribution is -0.123. The lowest BCUT2D eigenvalue weighted by atomic mass is 9.81. The molecule has 0 N–H and O–H groups in total. The summed E-state index contributed by atoms with van der Waals surface area (Å²) in [5.74, 6) is 1.38. The van der Waals surface area contributed by atoms with Gasteiger partial charge in [-0.2, -0.15) is 0 Å². The van der Waals surface area contributed by atoms with Gasteiger partial charge >= 0.3 is 0 Å². The number of fused-ring (bicyclic) bond motifs is 5. The number of aryl methyl sites for hydroxylation is 1. The van der Waals surface area contributed by atoms with Crippen LogP contribution in [-0.4, -0.2) is 21.5 Å². The maximum absolute atomic E-state index is 13.1. The highest BCUT2D eigenvalue weighted by atomic mass is 79.9. The van der Waals surface area contributed by atoms with Crippen LogP contribution in [0.15, 0.2) is 48.5 Å². The average molecular weight is 505 g/mol. The number of alkyl halides is 2. The summed E-state index contributed by atoms with van der Waals surface area (Å²) in [6.45, 7) is 2.03. The molecule has 1 aliphatic heterocycles. The summed E-state index contributed by atoms with van der Waals surface area (Å²) in [6, 6.07) is 15.0. The van der Waals surface area contributed by atoms with Crippen LogP contribution in [0.2, 0.25) is 0 Å². The van der Waals surface area contributed by atoms with Crippen LogP contribution >= 0.6 is 31.9 Å². The predicted octanol–water partition coefficient (Wildman–Crippen LogP) is 5.07. The smallest absolute Gasteiger partial charge is 0.238 e. The topological polar surface area (TPSA) is 46.6 Å². The van der Waals surface area contributed by atoms with Crippen LogP contribution in [0.5, 0.6) is 11.5 Å². The first kappa shape index (κ1) is 18.4. The van der Waals surface area contributed by atoms with Crippen molar-refractivity contribution in [3.8, 4) is 11.5 Å². The first-order valence-corrected chi connectivity index (χ1v) is 11.3. The lowest BCUT2D eigenvalue weighted by Crippen LogP contribution is -2.37. The van der Waals surface area contributed by atoms with Gasteiger partial charge in [0.15, 0.2) is 0 Å². The van der Waals surface area contributed by atoms with Crippen molar-refractivity contribution in [3.63, 3.8) is 0 Å². The van der Waals surface area contributed by atoms with E-state index in [9.17, 15) is 9.59 Å². The first-order valence-electron chi connectivity index (χ1n) is 9.46. The van der Waals surface area contributed by atoms with E-state index in [1.165, 1.54) is 10.5 Å². The van der Waals surface area contributed by atoms with Crippen LogP contribution in [0.3, 0.4) is 0 Å². The molecule has 2 saturated carbocycles. The molecule has 0 aromatic heterocycles. The minimum absolute atomic E-state index is 0.0569. The number of carbonyl (C=O) groups excluding carboxylic acids is 2. The van der Waals surface area contributed by atoms with Crippen molar-refractivity contribution < 1.29 is 14.3 Å². The molecule has 2 aromatic carbocycles. The molecular weight excluding hydrogens is 486 g/mol. The molecule has 3 aliphatic rings. The van der Waals surface area contributed by atoms with Gasteiger partial charge in [-0.3, -0.25) is 14.5 Å². The van der Waals surface area contributed by atoms with E-state index >= 15 is 0 Å². The van der Waals surface area contributed by atoms with Gasteiger partial charge in [0.05, 0.1) is 17.5 Å². The van der Waals surface area contributed by atoms with Crippen molar-refractivity contribution in [3.05, 3.63) is 54.1 Å². The van der Waals surface area contributed by atoms with Crippen LogP contribution in [0.1, 0.15) is 12.0 Å². The number of rotatable bonds is 3. The fourth-order valence-electron chi connectivity index (χ4n) is 5.01. The maximum atomic E-state index is 13.1. The zero-order valence-corrected chi connectivity index (χ0v) is 18.4. The summed E-state index contributed by atoms with van der Waals surface area (Å²) >= 11 is 7.44. The highest BCUT2D eigenvalue weighted by Crippen LogP contribution is 2.60. The molecule has 0 unspecified atom stereocenters. The summed E-state index contributed by atoms with van der Waals surface area (Å²) in [6.07, 6.45) is 0.940. The Hall–Kier alpha value is -1.66. The SMILES string of the molecule is Cc1ccc(Oc2ccc(N3C(=O)[C@@H]4[C@H]5C[C@@H]([C@H](Br)[C@H]5Br)[C@@H]4C3=O)cc2)cc1. The van der Waals surface area contributed by atoms with E-state index in [-0.39, 0.29) is 45.1 Å². The number of imide groups is 1. The molecule has 3 fully saturated rings. The fourth-order valence-corrected chi connectivity index (χ4v) is 6.88. The molecule has 2 aliphatic carbocycles. The molecule has 2 aromatic rings. The van der Waals surface area contributed by atoms with Crippen molar-refractivity contribution in [1.82, 2.24) is 0 Å². The molecule has 28 heavy (non-hydrogen) atoms. The zero-order chi connectivity index (χ0) is 19.6.